The first-order valence-corrected chi connectivity index (χ1v) is 4.24. The first-order valence-electron chi connectivity index (χ1n) is 4.24. The van der Waals surface area contributed by atoms with E-state index in [0.717, 1.165) is 12.3 Å². The second kappa shape index (κ2) is 1.95. The van der Waals surface area contributed by atoms with E-state index < -0.39 is 0 Å². The van der Waals surface area contributed by atoms with Crippen LogP contribution < -0.4 is 11.5 Å². The maximum atomic E-state index is 6.11. The molecular formula is C8H16N2. The second-order valence-corrected chi connectivity index (χ2v) is 4.07. The largest absolute Gasteiger partial charge is 0.327 e. The van der Waals surface area contributed by atoms with Crippen LogP contribution in [0.25, 0.3) is 0 Å². The zero-order valence-corrected chi connectivity index (χ0v) is 6.34. The molecule has 3 aliphatic rings. The summed E-state index contributed by atoms with van der Waals surface area (Å²) in [6.45, 7) is 0. The Morgan fingerprint density at radius 3 is 2.10 bits per heavy atom. The van der Waals surface area contributed by atoms with Gasteiger partial charge in [-0.2, -0.15) is 0 Å². The van der Waals surface area contributed by atoms with Gasteiger partial charge in [-0.3, -0.25) is 0 Å². The highest BCUT2D eigenvalue weighted by molar-refractivity contribution is 5.01. The molecule has 2 nitrogen and oxygen atoms in total. The van der Waals surface area contributed by atoms with Gasteiger partial charge < -0.3 is 11.5 Å². The van der Waals surface area contributed by atoms with Crippen LogP contribution in [-0.2, 0) is 0 Å². The molecule has 3 fully saturated rings. The maximum Gasteiger partial charge on any atom is 0.0169 e. The van der Waals surface area contributed by atoms with Crippen LogP contribution in [0.3, 0.4) is 0 Å². The van der Waals surface area contributed by atoms with Gasteiger partial charge in [0.1, 0.15) is 0 Å². The maximum absolute atomic E-state index is 6.11. The average molecular weight is 140 g/mol. The van der Waals surface area contributed by atoms with E-state index in [2.05, 4.69) is 0 Å². The van der Waals surface area contributed by atoms with Crippen LogP contribution in [0.2, 0.25) is 0 Å². The van der Waals surface area contributed by atoms with Crippen LogP contribution in [0.4, 0.5) is 0 Å². The van der Waals surface area contributed by atoms with Gasteiger partial charge in [-0.05, 0) is 38.0 Å². The van der Waals surface area contributed by atoms with E-state index in [1.807, 2.05) is 0 Å². The fourth-order valence-corrected chi connectivity index (χ4v) is 2.48. The normalized spacial score (nSPS) is 53.4. The fraction of sp³-hybridized carbons (Fsp3) is 1.00. The van der Waals surface area contributed by atoms with Crippen molar-refractivity contribution in [1.29, 1.82) is 0 Å². The van der Waals surface area contributed by atoms with Crippen molar-refractivity contribution in [3.63, 3.8) is 0 Å². The Balaban J connectivity index is 2.14. The van der Waals surface area contributed by atoms with Crippen LogP contribution in [0.15, 0.2) is 0 Å². The minimum absolute atomic E-state index is 0.133. The van der Waals surface area contributed by atoms with E-state index in [1.54, 1.807) is 0 Å². The Bertz CT molecular complexity index is 136. The van der Waals surface area contributed by atoms with E-state index >= 15 is 0 Å². The molecular weight excluding hydrogens is 124 g/mol. The van der Waals surface area contributed by atoms with E-state index in [-0.39, 0.29) is 5.54 Å². The third kappa shape index (κ3) is 0.867. The Morgan fingerprint density at radius 1 is 1.20 bits per heavy atom. The Labute approximate surface area is 62.0 Å². The molecule has 3 aliphatic carbocycles. The lowest BCUT2D eigenvalue weighted by molar-refractivity contribution is 0.117. The minimum atomic E-state index is 0.133. The predicted molar refractivity (Wildman–Crippen MR) is 41.5 cm³/mol. The molecule has 0 amide bonds. The minimum Gasteiger partial charge on any atom is -0.327 e. The molecule has 1 atom stereocenters. The Hall–Kier alpha value is -0.0800. The molecule has 0 aromatic heterocycles. The van der Waals surface area contributed by atoms with Gasteiger partial charge in [0.25, 0.3) is 0 Å². The highest BCUT2D eigenvalue weighted by atomic mass is 14.8. The van der Waals surface area contributed by atoms with Gasteiger partial charge in [0.15, 0.2) is 0 Å². The van der Waals surface area contributed by atoms with Crippen molar-refractivity contribution in [1.82, 2.24) is 0 Å². The number of hydrogen-bond acceptors (Lipinski definition) is 2. The fourth-order valence-electron chi connectivity index (χ4n) is 2.48. The highest BCUT2D eigenvalue weighted by Gasteiger charge is 2.41. The average Bonchev–Trinajstić information content (AvgIpc) is 1.87. The standard InChI is InChI=1S/C8H16N2/c9-7-5-8(10)3-1-6(7)2-4-8/h6-7H,1-5,9-10H2. The monoisotopic (exact) mass is 140 g/mol. The molecule has 3 saturated carbocycles. The first kappa shape index (κ1) is 6.62. The molecule has 0 heterocycles. The zero-order chi connectivity index (χ0) is 7.19. The van der Waals surface area contributed by atoms with Crippen LogP contribution in [0, 0.1) is 5.92 Å². The molecule has 2 heteroatoms. The van der Waals surface area contributed by atoms with Gasteiger partial charge in [-0.15, -0.1) is 0 Å². The lowest BCUT2D eigenvalue weighted by atomic mass is 9.64. The molecule has 0 aromatic rings. The summed E-state index contributed by atoms with van der Waals surface area (Å²) in [6, 6.07) is 0.410. The summed E-state index contributed by atoms with van der Waals surface area (Å²) in [5.41, 5.74) is 12.2. The lowest BCUT2D eigenvalue weighted by Crippen LogP contribution is -2.56. The van der Waals surface area contributed by atoms with Crippen molar-refractivity contribution in [3.05, 3.63) is 0 Å². The molecule has 0 spiro atoms. The summed E-state index contributed by atoms with van der Waals surface area (Å²) < 4.78 is 0. The summed E-state index contributed by atoms with van der Waals surface area (Å²) in [7, 11) is 0. The van der Waals surface area contributed by atoms with Crippen molar-refractivity contribution >= 4 is 0 Å². The van der Waals surface area contributed by atoms with Crippen LogP contribution in [0.5, 0.6) is 0 Å². The van der Waals surface area contributed by atoms with Crippen molar-refractivity contribution in [2.24, 2.45) is 17.4 Å². The van der Waals surface area contributed by atoms with Crippen LogP contribution in [-0.4, -0.2) is 11.6 Å². The summed E-state index contributed by atoms with van der Waals surface area (Å²) in [5, 5.41) is 0. The third-order valence-electron chi connectivity index (χ3n) is 3.27. The Kier molecular flexibility index (Phi) is 1.29. The molecule has 0 aliphatic heterocycles. The summed E-state index contributed by atoms with van der Waals surface area (Å²) >= 11 is 0. The van der Waals surface area contributed by atoms with Gasteiger partial charge in [0.2, 0.25) is 0 Å². The van der Waals surface area contributed by atoms with Crippen LogP contribution >= 0.6 is 0 Å². The molecule has 0 saturated heterocycles. The van der Waals surface area contributed by atoms with E-state index in [9.17, 15) is 0 Å². The van der Waals surface area contributed by atoms with Crippen molar-refractivity contribution in [2.45, 2.75) is 43.7 Å². The van der Waals surface area contributed by atoms with Gasteiger partial charge in [0.05, 0.1) is 0 Å². The molecule has 0 aromatic carbocycles. The molecule has 0 radical (unpaired) electrons. The second-order valence-electron chi connectivity index (χ2n) is 4.07. The third-order valence-corrected chi connectivity index (χ3v) is 3.27. The molecule has 1 unspecified atom stereocenters. The SMILES string of the molecule is NC1CC2(N)CCC1CC2. The highest BCUT2D eigenvalue weighted by Crippen LogP contribution is 2.41. The van der Waals surface area contributed by atoms with Gasteiger partial charge in [0, 0.05) is 11.6 Å². The molecule has 3 rings (SSSR count). The lowest BCUT2D eigenvalue weighted by Gasteiger charge is -2.47. The number of nitrogens with two attached hydrogens (primary N) is 2. The number of hydrogen-bond donors (Lipinski definition) is 2. The van der Waals surface area contributed by atoms with Crippen molar-refractivity contribution < 1.29 is 0 Å². The van der Waals surface area contributed by atoms with Gasteiger partial charge in [-0.1, -0.05) is 0 Å². The molecule has 2 bridgehead atoms. The van der Waals surface area contributed by atoms with Crippen LogP contribution in [0.1, 0.15) is 32.1 Å². The molecule has 4 N–H and O–H groups in total. The van der Waals surface area contributed by atoms with Gasteiger partial charge >= 0.3 is 0 Å². The number of rotatable bonds is 0. The first-order chi connectivity index (χ1) is 4.70. The summed E-state index contributed by atoms with van der Waals surface area (Å²) in [4.78, 5) is 0. The topological polar surface area (TPSA) is 52.0 Å². The number of fused-ring (bicyclic) bond motifs is 3. The molecule has 10 heavy (non-hydrogen) atoms. The van der Waals surface area contributed by atoms with E-state index in [0.29, 0.717) is 6.04 Å². The molecule has 58 valence electrons. The van der Waals surface area contributed by atoms with E-state index in [4.69, 9.17) is 11.5 Å². The van der Waals surface area contributed by atoms with E-state index in [1.165, 1.54) is 25.7 Å². The van der Waals surface area contributed by atoms with Crippen molar-refractivity contribution in [3.8, 4) is 0 Å². The quantitative estimate of drug-likeness (QED) is 0.518. The predicted octanol–water partition coefficient (Wildman–Crippen LogP) is 0.605. The smallest absolute Gasteiger partial charge is 0.0169 e. The summed E-state index contributed by atoms with van der Waals surface area (Å²) in [6.07, 6.45) is 6.05. The van der Waals surface area contributed by atoms with Crippen molar-refractivity contribution in [2.75, 3.05) is 0 Å². The van der Waals surface area contributed by atoms with Gasteiger partial charge in [-0.25, -0.2) is 0 Å². The summed E-state index contributed by atoms with van der Waals surface area (Å²) in [5.74, 6) is 0.797. The zero-order valence-electron chi connectivity index (χ0n) is 6.34. The Morgan fingerprint density at radius 2 is 1.80 bits per heavy atom.